The molecule has 3 aromatic rings. The number of nitrogens with zero attached hydrogens (tertiary/aromatic N) is 5. The van der Waals surface area contributed by atoms with E-state index in [4.69, 9.17) is 11.6 Å². The van der Waals surface area contributed by atoms with Gasteiger partial charge in [0.2, 0.25) is 17.2 Å². The van der Waals surface area contributed by atoms with Crippen LogP contribution in [0.25, 0.3) is 5.95 Å². The van der Waals surface area contributed by atoms with Crippen LogP contribution in [0.1, 0.15) is 4.88 Å². The molecule has 0 saturated carbocycles. The Balaban J connectivity index is 1.68. The van der Waals surface area contributed by atoms with Crippen molar-refractivity contribution in [3.8, 4) is 5.95 Å². The highest BCUT2D eigenvalue weighted by molar-refractivity contribution is 9.11. The van der Waals surface area contributed by atoms with E-state index in [0.29, 0.717) is 11.9 Å². The Bertz CT molecular complexity index is 729. The molecule has 0 aliphatic carbocycles. The average molecular weight is 386 g/mol. The largest absolute Gasteiger partial charge is 0.354 e. The number of thiophene rings is 1. The van der Waals surface area contributed by atoms with Crippen LogP contribution in [0, 0.1) is 0 Å². The maximum absolute atomic E-state index is 5.93. The number of anilines is 1. The molecule has 0 unspecified atom stereocenters. The van der Waals surface area contributed by atoms with Crippen LogP contribution in [-0.2, 0) is 6.42 Å². The van der Waals surface area contributed by atoms with Gasteiger partial charge in [0.05, 0.1) is 3.79 Å². The van der Waals surface area contributed by atoms with Gasteiger partial charge >= 0.3 is 0 Å². The highest BCUT2D eigenvalue weighted by Gasteiger charge is 2.06. The second-order valence-electron chi connectivity index (χ2n) is 4.08. The Labute approximate surface area is 138 Å². The van der Waals surface area contributed by atoms with Crippen molar-refractivity contribution in [2.24, 2.45) is 0 Å². The highest BCUT2D eigenvalue weighted by Crippen LogP contribution is 2.22. The minimum Gasteiger partial charge on any atom is -0.354 e. The molecule has 108 valence electrons. The first kappa shape index (κ1) is 14.4. The van der Waals surface area contributed by atoms with Crippen LogP contribution in [-0.4, -0.2) is 31.0 Å². The minimum atomic E-state index is 0.148. The van der Waals surface area contributed by atoms with Crippen LogP contribution in [0.2, 0.25) is 5.28 Å². The van der Waals surface area contributed by atoms with Crippen molar-refractivity contribution in [1.82, 2.24) is 24.5 Å². The number of aromatic nitrogens is 5. The monoisotopic (exact) mass is 384 g/mol. The highest BCUT2D eigenvalue weighted by atomic mass is 79.9. The SMILES string of the molecule is Clc1nc(NCCc2ccc(Br)s2)nc(-n2ccnc2)n1. The number of hydrogen-bond acceptors (Lipinski definition) is 6. The molecule has 3 rings (SSSR count). The van der Waals surface area contributed by atoms with Crippen molar-refractivity contribution in [2.45, 2.75) is 6.42 Å². The van der Waals surface area contributed by atoms with Gasteiger partial charge in [-0.2, -0.15) is 15.0 Å². The summed E-state index contributed by atoms with van der Waals surface area (Å²) >= 11 is 11.1. The lowest BCUT2D eigenvalue weighted by molar-refractivity contribution is 0.885. The third-order valence-electron chi connectivity index (χ3n) is 2.62. The van der Waals surface area contributed by atoms with Gasteiger partial charge in [0.15, 0.2) is 0 Å². The summed E-state index contributed by atoms with van der Waals surface area (Å²) in [5.74, 6) is 0.892. The summed E-state index contributed by atoms with van der Waals surface area (Å²) in [4.78, 5) is 17.7. The predicted molar refractivity (Wildman–Crippen MR) is 86.2 cm³/mol. The topological polar surface area (TPSA) is 68.5 Å². The molecular formula is C12H10BrClN6S. The van der Waals surface area contributed by atoms with Crippen molar-refractivity contribution in [2.75, 3.05) is 11.9 Å². The van der Waals surface area contributed by atoms with Crippen molar-refractivity contribution >= 4 is 44.8 Å². The van der Waals surface area contributed by atoms with Crippen LogP contribution in [0.4, 0.5) is 5.95 Å². The second kappa shape index (κ2) is 6.50. The molecule has 0 saturated heterocycles. The molecule has 1 N–H and O–H groups in total. The van der Waals surface area contributed by atoms with E-state index in [-0.39, 0.29) is 5.28 Å². The van der Waals surface area contributed by atoms with Gasteiger partial charge in [-0.3, -0.25) is 4.57 Å². The van der Waals surface area contributed by atoms with Crippen LogP contribution in [0.3, 0.4) is 0 Å². The smallest absolute Gasteiger partial charge is 0.241 e. The summed E-state index contributed by atoms with van der Waals surface area (Å²) in [6.45, 7) is 0.719. The molecule has 0 aliphatic heterocycles. The molecule has 3 heterocycles. The van der Waals surface area contributed by atoms with E-state index < -0.39 is 0 Å². The molecule has 0 amide bonds. The van der Waals surface area contributed by atoms with Crippen molar-refractivity contribution in [3.63, 3.8) is 0 Å². The van der Waals surface area contributed by atoms with E-state index in [2.05, 4.69) is 47.2 Å². The predicted octanol–water partition coefficient (Wildman–Crippen LogP) is 3.19. The van der Waals surface area contributed by atoms with Gasteiger partial charge in [-0.05, 0) is 46.1 Å². The molecule has 0 aliphatic rings. The average Bonchev–Trinajstić information content (AvgIpc) is 3.10. The first-order chi connectivity index (χ1) is 10.2. The van der Waals surface area contributed by atoms with E-state index in [9.17, 15) is 0 Å². The summed E-state index contributed by atoms with van der Waals surface area (Å²) in [5.41, 5.74) is 0. The third kappa shape index (κ3) is 3.78. The molecule has 21 heavy (non-hydrogen) atoms. The lowest BCUT2D eigenvalue weighted by Gasteiger charge is -2.06. The molecule has 3 aromatic heterocycles. The van der Waals surface area contributed by atoms with Gasteiger partial charge in [-0.25, -0.2) is 4.98 Å². The van der Waals surface area contributed by atoms with Crippen molar-refractivity contribution in [1.29, 1.82) is 0 Å². The van der Waals surface area contributed by atoms with E-state index >= 15 is 0 Å². The van der Waals surface area contributed by atoms with Crippen molar-refractivity contribution < 1.29 is 0 Å². The van der Waals surface area contributed by atoms with Crippen molar-refractivity contribution in [3.05, 3.63) is 44.8 Å². The molecule has 0 atom stereocenters. The van der Waals surface area contributed by atoms with Gasteiger partial charge in [0.1, 0.15) is 6.33 Å². The Morgan fingerprint density at radius 3 is 2.90 bits per heavy atom. The minimum absolute atomic E-state index is 0.148. The maximum Gasteiger partial charge on any atom is 0.241 e. The lowest BCUT2D eigenvalue weighted by atomic mass is 10.3. The summed E-state index contributed by atoms with van der Waals surface area (Å²) in [7, 11) is 0. The van der Waals surface area contributed by atoms with Gasteiger partial charge in [-0.1, -0.05) is 0 Å². The van der Waals surface area contributed by atoms with E-state index in [1.165, 1.54) is 4.88 Å². The Morgan fingerprint density at radius 1 is 1.29 bits per heavy atom. The number of hydrogen-bond donors (Lipinski definition) is 1. The maximum atomic E-state index is 5.93. The fraction of sp³-hybridized carbons (Fsp3) is 0.167. The van der Waals surface area contributed by atoms with Crippen LogP contribution in [0.5, 0.6) is 0 Å². The number of nitrogens with one attached hydrogen (secondary N) is 1. The molecule has 9 heteroatoms. The zero-order valence-electron chi connectivity index (χ0n) is 10.7. The quantitative estimate of drug-likeness (QED) is 0.730. The van der Waals surface area contributed by atoms with Crippen LogP contribution < -0.4 is 5.32 Å². The zero-order valence-corrected chi connectivity index (χ0v) is 13.9. The number of rotatable bonds is 5. The molecule has 0 spiro atoms. The first-order valence-corrected chi connectivity index (χ1v) is 8.07. The fourth-order valence-electron chi connectivity index (χ4n) is 1.70. The van der Waals surface area contributed by atoms with Gasteiger partial charge < -0.3 is 5.32 Å². The van der Waals surface area contributed by atoms with Gasteiger partial charge in [0.25, 0.3) is 0 Å². The lowest BCUT2D eigenvalue weighted by Crippen LogP contribution is -2.10. The Hall–Kier alpha value is -1.51. The summed E-state index contributed by atoms with van der Waals surface area (Å²) in [6.07, 6.45) is 5.90. The number of halogens is 2. The zero-order chi connectivity index (χ0) is 14.7. The summed E-state index contributed by atoms with van der Waals surface area (Å²) < 4.78 is 2.80. The van der Waals surface area contributed by atoms with E-state index in [1.54, 1.807) is 34.6 Å². The molecule has 0 fully saturated rings. The Morgan fingerprint density at radius 2 is 2.19 bits per heavy atom. The normalized spacial score (nSPS) is 10.8. The molecule has 0 radical (unpaired) electrons. The third-order valence-corrected chi connectivity index (χ3v) is 4.47. The summed E-state index contributed by atoms with van der Waals surface area (Å²) in [5, 5.41) is 3.30. The van der Waals surface area contributed by atoms with E-state index in [0.717, 1.165) is 16.8 Å². The van der Waals surface area contributed by atoms with Gasteiger partial charge in [-0.15, -0.1) is 11.3 Å². The molecular weight excluding hydrogens is 376 g/mol. The van der Waals surface area contributed by atoms with Crippen LogP contribution >= 0.6 is 38.9 Å². The first-order valence-electron chi connectivity index (χ1n) is 6.09. The summed E-state index contributed by atoms with van der Waals surface area (Å²) in [6, 6.07) is 4.13. The fourth-order valence-corrected chi connectivity index (χ4v) is 3.33. The number of imidazole rings is 1. The van der Waals surface area contributed by atoms with Gasteiger partial charge in [0, 0.05) is 23.8 Å². The second-order valence-corrected chi connectivity index (χ2v) is 6.97. The molecule has 0 aromatic carbocycles. The van der Waals surface area contributed by atoms with E-state index in [1.807, 2.05) is 6.07 Å². The van der Waals surface area contributed by atoms with Crippen LogP contribution in [0.15, 0.2) is 34.6 Å². The standard InChI is InChI=1S/C12H10BrClN6S/c13-9-2-1-8(21-9)3-4-16-11-17-10(14)18-12(19-11)20-6-5-15-7-20/h1-2,5-7H,3-4H2,(H,16,17,18,19). The molecule has 6 nitrogen and oxygen atoms in total. The Kier molecular flexibility index (Phi) is 4.47. The molecule has 0 bridgehead atoms.